The molecular weight excluding hydrogens is 264 g/mol. The number of nitrogens with zero attached hydrogens (tertiary/aromatic N) is 5. The van der Waals surface area contributed by atoms with Crippen LogP contribution in [0, 0.1) is 28.6 Å². The van der Waals surface area contributed by atoms with E-state index < -0.39 is 0 Å². The lowest BCUT2D eigenvalue weighted by molar-refractivity contribution is 0.542. The number of rotatable bonds is 5. The summed E-state index contributed by atoms with van der Waals surface area (Å²) in [6.45, 7) is 5.83. The van der Waals surface area contributed by atoms with Gasteiger partial charge in [0.25, 0.3) is 0 Å². The Morgan fingerprint density at radius 3 is 2.67 bits per heavy atom. The average molecular weight is 280 g/mol. The third-order valence-electron chi connectivity index (χ3n) is 2.97. The van der Waals surface area contributed by atoms with Gasteiger partial charge in [-0.1, -0.05) is 19.1 Å². The van der Waals surface area contributed by atoms with E-state index in [1.54, 1.807) is 29.1 Å². The molecule has 0 aliphatic carbocycles. The molecular formula is C15H16N6. The molecule has 1 aromatic carbocycles. The Balaban J connectivity index is 2.25. The van der Waals surface area contributed by atoms with Gasteiger partial charge in [0.15, 0.2) is 0 Å². The predicted molar refractivity (Wildman–Crippen MR) is 77.3 cm³/mol. The van der Waals surface area contributed by atoms with E-state index in [1.165, 1.54) is 0 Å². The molecule has 1 heterocycles. The molecule has 0 aliphatic rings. The minimum atomic E-state index is 0.339. The maximum Gasteiger partial charge on any atom is 0.101 e. The third-order valence-corrected chi connectivity index (χ3v) is 2.97. The van der Waals surface area contributed by atoms with Crippen molar-refractivity contribution in [3.05, 3.63) is 41.2 Å². The number of hydrogen-bond acceptors (Lipinski definition) is 5. The van der Waals surface area contributed by atoms with E-state index in [4.69, 9.17) is 10.5 Å². The van der Waals surface area contributed by atoms with Crippen LogP contribution in [0.4, 0.5) is 0 Å². The number of benzene rings is 1. The molecule has 106 valence electrons. The molecule has 2 rings (SSSR count). The van der Waals surface area contributed by atoms with Crippen molar-refractivity contribution in [2.45, 2.75) is 20.4 Å². The molecule has 0 unspecified atom stereocenters. The second-order valence-electron chi connectivity index (χ2n) is 5.12. The van der Waals surface area contributed by atoms with Crippen molar-refractivity contribution in [3.63, 3.8) is 0 Å². The van der Waals surface area contributed by atoms with Gasteiger partial charge in [-0.05, 0) is 30.7 Å². The highest BCUT2D eigenvalue weighted by Crippen LogP contribution is 2.15. The van der Waals surface area contributed by atoms with Crippen LogP contribution in [0.1, 0.15) is 30.7 Å². The summed E-state index contributed by atoms with van der Waals surface area (Å²) >= 11 is 0. The Kier molecular flexibility index (Phi) is 4.65. The summed E-state index contributed by atoms with van der Waals surface area (Å²) in [6, 6.07) is 9.07. The van der Waals surface area contributed by atoms with Crippen molar-refractivity contribution in [1.82, 2.24) is 20.3 Å². The van der Waals surface area contributed by atoms with E-state index in [1.807, 2.05) is 12.1 Å². The van der Waals surface area contributed by atoms with Crippen LogP contribution in [0.25, 0.3) is 5.69 Å². The first kappa shape index (κ1) is 14.7. The molecule has 21 heavy (non-hydrogen) atoms. The lowest BCUT2D eigenvalue weighted by atomic mass is 10.1. The second-order valence-corrected chi connectivity index (χ2v) is 5.12. The number of nitriles is 2. The molecule has 1 aromatic heterocycles. The van der Waals surface area contributed by atoms with Crippen molar-refractivity contribution in [2.24, 2.45) is 5.92 Å². The monoisotopic (exact) mass is 280 g/mol. The Hall–Kier alpha value is -2.70. The SMILES string of the molecule is CC(C)CNCc1cnnn1-c1ccc(C#N)c(C#N)c1. The highest BCUT2D eigenvalue weighted by atomic mass is 15.4. The summed E-state index contributed by atoms with van der Waals surface area (Å²) in [4.78, 5) is 0. The quantitative estimate of drug-likeness (QED) is 0.901. The van der Waals surface area contributed by atoms with Crippen LogP contribution >= 0.6 is 0 Å². The minimum absolute atomic E-state index is 0.339. The summed E-state index contributed by atoms with van der Waals surface area (Å²) in [5.41, 5.74) is 2.33. The first-order valence-electron chi connectivity index (χ1n) is 6.70. The molecule has 0 aliphatic heterocycles. The summed E-state index contributed by atoms with van der Waals surface area (Å²) in [6.07, 6.45) is 1.69. The van der Waals surface area contributed by atoms with Crippen LogP contribution in [0.2, 0.25) is 0 Å². The second kappa shape index (κ2) is 6.65. The summed E-state index contributed by atoms with van der Waals surface area (Å²) in [5.74, 6) is 0.564. The van der Waals surface area contributed by atoms with E-state index in [0.29, 0.717) is 23.6 Å². The molecule has 0 amide bonds. The van der Waals surface area contributed by atoms with Crippen molar-refractivity contribution in [2.75, 3.05) is 6.54 Å². The number of aromatic nitrogens is 3. The highest BCUT2D eigenvalue weighted by Gasteiger charge is 2.09. The minimum Gasteiger partial charge on any atom is -0.311 e. The van der Waals surface area contributed by atoms with Crippen molar-refractivity contribution < 1.29 is 0 Å². The van der Waals surface area contributed by atoms with Gasteiger partial charge in [0, 0.05) is 6.54 Å². The molecule has 0 saturated carbocycles. The van der Waals surface area contributed by atoms with Crippen LogP contribution in [0.15, 0.2) is 24.4 Å². The fourth-order valence-corrected chi connectivity index (χ4v) is 1.94. The third kappa shape index (κ3) is 3.44. The van der Waals surface area contributed by atoms with Gasteiger partial charge < -0.3 is 5.32 Å². The lowest BCUT2D eigenvalue weighted by Gasteiger charge is -2.09. The molecule has 2 aromatic rings. The Labute approximate surface area is 123 Å². The molecule has 0 radical (unpaired) electrons. The van der Waals surface area contributed by atoms with E-state index in [0.717, 1.165) is 17.9 Å². The first-order chi connectivity index (χ1) is 10.2. The van der Waals surface area contributed by atoms with E-state index in [-0.39, 0.29) is 0 Å². The van der Waals surface area contributed by atoms with E-state index >= 15 is 0 Å². The van der Waals surface area contributed by atoms with Gasteiger partial charge in [0.05, 0.1) is 28.7 Å². The van der Waals surface area contributed by atoms with Gasteiger partial charge in [-0.3, -0.25) is 0 Å². The van der Waals surface area contributed by atoms with Crippen LogP contribution in [0.5, 0.6) is 0 Å². The fourth-order valence-electron chi connectivity index (χ4n) is 1.94. The lowest BCUT2D eigenvalue weighted by Crippen LogP contribution is -2.20. The van der Waals surface area contributed by atoms with Gasteiger partial charge in [0.1, 0.15) is 12.1 Å². The summed E-state index contributed by atoms with van der Waals surface area (Å²) in [7, 11) is 0. The Bertz CT molecular complexity index is 702. The molecule has 0 bridgehead atoms. The summed E-state index contributed by atoms with van der Waals surface area (Å²) < 4.78 is 1.68. The van der Waals surface area contributed by atoms with Gasteiger partial charge in [-0.25, -0.2) is 4.68 Å². The van der Waals surface area contributed by atoms with Crippen molar-refractivity contribution >= 4 is 0 Å². The molecule has 6 heteroatoms. The van der Waals surface area contributed by atoms with E-state index in [2.05, 4.69) is 29.5 Å². The molecule has 0 spiro atoms. The largest absolute Gasteiger partial charge is 0.311 e. The molecule has 1 N–H and O–H groups in total. The van der Waals surface area contributed by atoms with Gasteiger partial charge in [0.2, 0.25) is 0 Å². The number of hydrogen-bond donors (Lipinski definition) is 1. The maximum atomic E-state index is 9.08. The summed E-state index contributed by atoms with van der Waals surface area (Å²) in [5, 5.41) is 29.3. The van der Waals surface area contributed by atoms with Crippen molar-refractivity contribution in [3.8, 4) is 17.8 Å². The van der Waals surface area contributed by atoms with Crippen molar-refractivity contribution in [1.29, 1.82) is 10.5 Å². The molecule has 0 fully saturated rings. The number of nitrogens with one attached hydrogen (secondary N) is 1. The van der Waals surface area contributed by atoms with Crippen LogP contribution in [0.3, 0.4) is 0 Å². The Morgan fingerprint density at radius 1 is 1.24 bits per heavy atom. The standard InChI is InChI=1S/C15H16N6/c1-11(2)8-18-9-15-10-19-20-21(15)14-4-3-12(6-16)13(5-14)7-17/h3-5,10-11,18H,8-9H2,1-2H3. The predicted octanol–water partition coefficient (Wildman–Crippen LogP) is 1.76. The average Bonchev–Trinajstić information content (AvgIpc) is 2.94. The fraction of sp³-hybridized carbons (Fsp3) is 0.333. The van der Waals surface area contributed by atoms with Gasteiger partial charge in [-0.2, -0.15) is 10.5 Å². The van der Waals surface area contributed by atoms with Crippen LogP contribution in [-0.2, 0) is 6.54 Å². The van der Waals surface area contributed by atoms with Gasteiger partial charge >= 0.3 is 0 Å². The normalized spacial score (nSPS) is 10.3. The highest BCUT2D eigenvalue weighted by molar-refractivity contribution is 5.51. The topological polar surface area (TPSA) is 90.3 Å². The Morgan fingerprint density at radius 2 is 2.00 bits per heavy atom. The zero-order chi connectivity index (χ0) is 15.2. The van der Waals surface area contributed by atoms with Crippen LogP contribution < -0.4 is 5.32 Å². The maximum absolute atomic E-state index is 9.08. The zero-order valence-corrected chi connectivity index (χ0v) is 12.0. The molecule has 6 nitrogen and oxygen atoms in total. The van der Waals surface area contributed by atoms with Gasteiger partial charge in [-0.15, -0.1) is 5.10 Å². The smallest absolute Gasteiger partial charge is 0.101 e. The van der Waals surface area contributed by atoms with E-state index in [9.17, 15) is 0 Å². The molecule has 0 saturated heterocycles. The van der Waals surface area contributed by atoms with Crippen LogP contribution in [-0.4, -0.2) is 21.5 Å². The first-order valence-corrected chi connectivity index (χ1v) is 6.70. The molecule has 0 atom stereocenters. The zero-order valence-electron chi connectivity index (χ0n) is 12.0.